The molecule has 1 aromatic heterocycles. The first kappa shape index (κ1) is 14.7. The van der Waals surface area contributed by atoms with Crippen molar-refractivity contribution in [2.24, 2.45) is 0 Å². The van der Waals surface area contributed by atoms with E-state index < -0.39 is 0 Å². The van der Waals surface area contributed by atoms with Crippen LogP contribution >= 0.6 is 0 Å². The smallest absolute Gasteiger partial charge is 0.122 e. The Bertz CT molecular complexity index is 560. The Morgan fingerprint density at radius 1 is 1.20 bits per heavy atom. The lowest BCUT2D eigenvalue weighted by atomic mass is 10.0. The van der Waals surface area contributed by atoms with Gasteiger partial charge in [0.25, 0.3) is 0 Å². The number of ether oxygens (including phenoxy) is 1. The maximum Gasteiger partial charge on any atom is 0.122 e. The van der Waals surface area contributed by atoms with Crippen LogP contribution in [0.3, 0.4) is 0 Å². The first-order chi connectivity index (χ1) is 9.63. The van der Waals surface area contributed by atoms with Gasteiger partial charge in [0.05, 0.1) is 13.2 Å². The topological polar surface area (TPSA) is 34.4 Å². The van der Waals surface area contributed by atoms with E-state index in [2.05, 4.69) is 31.3 Å². The quantitative estimate of drug-likeness (QED) is 0.869. The first-order valence-electron chi connectivity index (χ1n) is 7.07. The molecule has 1 atom stereocenters. The van der Waals surface area contributed by atoms with Gasteiger partial charge in [-0.3, -0.25) is 0 Å². The van der Waals surface area contributed by atoms with Gasteiger partial charge >= 0.3 is 0 Å². The van der Waals surface area contributed by atoms with Crippen molar-refractivity contribution >= 4 is 0 Å². The zero-order chi connectivity index (χ0) is 14.5. The summed E-state index contributed by atoms with van der Waals surface area (Å²) in [7, 11) is 1.72. The minimum Gasteiger partial charge on any atom is -0.496 e. The van der Waals surface area contributed by atoms with Gasteiger partial charge in [-0.15, -0.1) is 0 Å². The summed E-state index contributed by atoms with van der Waals surface area (Å²) >= 11 is 0. The zero-order valence-electron chi connectivity index (χ0n) is 12.7. The van der Waals surface area contributed by atoms with Crippen LogP contribution in [0.5, 0.6) is 5.75 Å². The van der Waals surface area contributed by atoms with Crippen molar-refractivity contribution in [2.45, 2.75) is 33.2 Å². The van der Waals surface area contributed by atoms with E-state index in [9.17, 15) is 0 Å². The fourth-order valence-electron chi connectivity index (χ4n) is 2.45. The van der Waals surface area contributed by atoms with Crippen molar-refractivity contribution in [3.05, 3.63) is 53.0 Å². The lowest BCUT2D eigenvalue weighted by Gasteiger charge is -2.18. The normalized spacial score (nSPS) is 12.4. The highest BCUT2D eigenvalue weighted by molar-refractivity contribution is 5.38. The number of hydrogen-bond donors (Lipinski definition) is 1. The van der Waals surface area contributed by atoms with Crippen LogP contribution in [-0.4, -0.2) is 13.7 Å². The fourth-order valence-corrected chi connectivity index (χ4v) is 2.45. The van der Waals surface area contributed by atoms with Crippen molar-refractivity contribution in [3.8, 4) is 5.75 Å². The maximum absolute atomic E-state index is 5.77. The van der Waals surface area contributed by atoms with Crippen molar-refractivity contribution in [1.29, 1.82) is 0 Å². The molecular weight excluding hydrogens is 250 g/mol. The molecule has 2 rings (SSSR count). The number of nitrogens with one attached hydrogen (secondary N) is 1. The molecule has 2 aromatic rings. The molecule has 1 heterocycles. The molecule has 0 fully saturated rings. The van der Waals surface area contributed by atoms with Crippen molar-refractivity contribution in [2.75, 3.05) is 13.7 Å². The standard InChI is InChI=1S/C17H23NO2/c1-5-18-15(17-9-7-13(3)20-17)11-14-10-12(2)6-8-16(14)19-4/h6-10,15,18H,5,11H2,1-4H3. The van der Waals surface area contributed by atoms with Gasteiger partial charge in [-0.1, -0.05) is 24.6 Å². The summed E-state index contributed by atoms with van der Waals surface area (Å²) < 4.78 is 11.2. The van der Waals surface area contributed by atoms with Gasteiger partial charge in [0.15, 0.2) is 0 Å². The molecule has 0 bridgehead atoms. The highest BCUT2D eigenvalue weighted by Gasteiger charge is 2.17. The van der Waals surface area contributed by atoms with E-state index in [1.807, 2.05) is 25.1 Å². The molecule has 0 aliphatic carbocycles. The van der Waals surface area contributed by atoms with E-state index in [4.69, 9.17) is 9.15 Å². The Labute approximate surface area is 121 Å². The lowest BCUT2D eigenvalue weighted by molar-refractivity contribution is 0.386. The van der Waals surface area contributed by atoms with Gasteiger partial charge < -0.3 is 14.5 Å². The van der Waals surface area contributed by atoms with Gasteiger partial charge in [-0.25, -0.2) is 0 Å². The second-order valence-corrected chi connectivity index (χ2v) is 5.08. The number of hydrogen-bond acceptors (Lipinski definition) is 3. The molecule has 0 amide bonds. The summed E-state index contributed by atoms with van der Waals surface area (Å²) in [5.41, 5.74) is 2.44. The van der Waals surface area contributed by atoms with E-state index in [0.717, 1.165) is 30.2 Å². The molecule has 20 heavy (non-hydrogen) atoms. The lowest BCUT2D eigenvalue weighted by Crippen LogP contribution is -2.22. The molecule has 1 unspecified atom stereocenters. The van der Waals surface area contributed by atoms with E-state index in [1.54, 1.807) is 7.11 Å². The van der Waals surface area contributed by atoms with Gasteiger partial charge in [0.2, 0.25) is 0 Å². The van der Waals surface area contributed by atoms with Crippen LogP contribution in [-0.2, 0) is 6.42 Å². The van der Waals surface area contributed by atoms with Gasteiger partial charge in [-0.05, 0) is 50.6 Å². The molecule has 0 aliphatic rings. The molecule has 1 aromatic carbocycles. The van der Waals surface area contributed by atoms with Crippen LogP contribution in [0.25, 0.3) is 0 Å². The van der Waals surface area contributed by atoms with Crippen LogP contribution in [0.2, 0.25) is 0 Å². The largest absolute Gasteiger partial charge is 0.496 e. The molecule has 3 heteroatoms. The number of benzene rings is 1. The minimum atomic E-state index is 0.171. The zero-order valence-corrected chi connectivity index (χ0v) is 12.7. The fraction of sp³-hybridized carbons (Fsp3) is 0.412. The Hall–Kier alpha value is -1.74. The average molecular weight is 273 g/mol. The highest BCUT2D eigenvalue weighted by Crippen LogP contribution is 2.27. The number of aryl methyl sites for hydroxylation is 2. The summed E-state index contributed by atoms with van der Waals surface area (Å²) in [6.45, 7) is 7.08. The molecule has 3 nitrogen and oxygen atoms in total. The first-order valence-corrected chi connectivity index (χ1v) is 7.07. The van der Waals surface area contributed by atoms with Gasteiger partial charge in [-0.2, -0.15) is 0 Å². The second-order valence-electron chi connectivity index (χ2n) is 5.08. The molecule has 108 valence electrons. The third-order valence-corrected chi connectivity index (χ3v) is 3.42. The van der Waals surface area contributed by atoms with Crippen LogP contribution in [0.1, 0.15) is 35.6 Å². The average Bonchev–Trinajstić information content (AvgIpc) is 2.85. The molecule has 0 aliphatic heterocycles. The summed E-state index contributed by atoms with van der Waals surface area (Å²) in [5.74, 6) is 2.86. The SMILES string of the molecule is CCNC(Cc1cc(C)ccc1OC)c1ccc(C)o1. The molecule has 1 N–H and O–H groups in total. The van der Waals surface area contributed by atoms with E-state index in [1.165, 1.54) is 11.1 Å². The summed E-state index contributed by atoms with van der Waals surface area (Å²) in [6, 6.07) is 10.5. The second kappa shape index (κ2) is 6.62. The maximum atomic E-state index is 5.77. The third-order valence-electron chi connectivity index (χ3n) is 3.42. The van der Waals surface area contributed by atoms with Gasteiger partial charge in [0.1, 0.15) is 17.3 Å². The number of likely N-dealkylation sites (N-methyl/N-ethyl adjacent to an activating group) is 1. The summed E-state index contributed by atoms with van der Waals surface area (Å²) in [6.07, 6.45) is 0.853. The van der Waals surface area contributed by atoms with Gasteiger partial charge in [0, 0.05) is 0 Å². The highest BCUT2D eigenvalue weighted by atomic mass is 16.5. The van der Waals surface area contributed by atoms with E-state index >= 15 is 0 Å². The van der Waals surface area contributed by atoms with Crippen LogP contribution in [0.15, 0.2) is 34.7 Å². The molecule has 0 radical (unpaired) electrons. The van der Waals surface area contributed by atoms with Crippen LogP contribution in [0.4, 0.5) is 0 Å². The predicted molar refractivity (Wildman–Crippen MR) is 81.3 cm³/mol. The summed E-state index contributed by atoms with van der Waals surface area (Å²) in [4.78, 5) is 0. The van der Waals surface area contributed by atoms with E-state index in [0.29, 0.717) is 0 Å². The summed E-state index contributed by atoms with van der Waals surface area (Å²) in [5, 5.41) is 3.48. The molecule has 0 saturated carbocycles. The predicted octanol–water partition coefficient (Wildman–Crippen LogP) is 3.80. The Morgan fingerprint density at radius 3 is 2.60 bits per heavy atom. The molecular formula is C17H23NO2. The Balaban J connectivity index is 2.26. The van der Waals surface area contributed by atoms with Crippen LogP contribution in [0, 0.1) is 13.8 Å². The number of methoxy groups -OCH3 is 1. The van der Waals surface area contributed by atoms with Crippen molar-refractivity contribution in [1.82, 2.24) is 5.32 Å². The van der Waals surface area contributed by atoms with E-state index in [-0.39, 0.29) is 6.04 Å². The molecule has 0 saturated heterocycles. The Morgan fingerprint density at radius 2 is 2.00 bits per heavy atom. The number of furan rings is 1. The molecule has 0 spiro atoms. The van der Waals surface area contributed by atoms with Crippen molar-refractivity contribution < 1.29 is 9.15 Å². The van der Waals surface area contributed by atoms with Crippen molar-refractivity contribution in [3.63, 3.8) is 0 Å². The van der Waals surface area contributed by atoms with Crippen LogP contribution < -0.4 is 10.1 Å². The third kappa shape index (κ3) is 3.42. The number of rotatable bonds is 6. The minimum absolute atomic E-state index is 0.171. The Kier molecular flexibility index (Phi) is 4.85. The monoisotopic (exact) mass is 273 g/mol.